The molecule has 1 aliphatic rings. The second kappa shape index (κ2) is 6.12. The Morgan fingerprint density at radius 2 is 1.76 bits per heavy atom. The van der Waals surface area contributed by atoms with E-state index >= 15 is 0 Å². The molecule has 0 aromatic heterocycles. The van der Waals surface area contributed by atoms with Gasteiger partial charge >= 0.3 is 0 Å². The maximum absolute atomic E-state index is 11.6. The van der Waals surface area contributed by atoms with Gasteiger partial charge in [0.05, 0.1) is 17.3 Å². The summed E-state index contributed by atoms with van der Waals surface area (Å²) in [7, 11) is -6.31. The van der Waals surface area contributed by atoms with Crippen LogP contribution < -0.4 is 4.72 Å². The first kappa shape index (κ1) is 14.9. The lowest BCUT2D eigenvalue weighted by atomic mass is 10.2. The van der Waals surface area contributed by atoms with Gasteiger partial charge in [0, 0.05) is 12.6 Å². The number of unbranched alkanes of at least 4 members (excludes halogenated alkanes) is 1. The SMILES string of the molecule is O=S1(=O)CCC(NS(=O)(=O)CCCCO)CC1. The fraction of sp³-hybridized carbons (Fsp3) is 1.00. The molecule has 6 nitrogen and oxygen atoms in total. The quantitative estimate of drug-likeness (QED) is 0.626. The van der Waals surface area contributed by atoms with Crippen molar-refractivity contribution in [1.29, 1.82) is 0 Å². The van der Waals surface area contributed by atoms with Crippen molar-refractivity contribution < 1.29 is 21.9 Å². The number of aliphatic hydroxyl groups excluding tert-OH is 1. The summed E-state index contributed by atoms with van der Waals surface area (Å²) in [6, 6.07) is -0.266. The Bertz CT molecular complexity index is 414. The largest absolute Gasteiger partial charge is 0.396 e. The van der Waals surface area contributed by atoms with Crippen molar-refractivity contribution in [3.8, 4) is 0 Å². The fourth-order valence-electron chi connectivity index (χ4n) is 1.72. The predicted octanol–water partition coefficient (Wildman–Crippen LogP) is -0.744. The Morgan fingerprint density at radius 1 is 1.18 bits per heavy atom. The van der Waals surface area contributed by atoms with E-state index in [4.69, 9.17) is 5.11 Å². The van der Waals surface area contributed by atoms with E-state index in [1.807, 2.05) is 0 Å². The number of sulfonamides is 1. The third-order valence-electron chi connectivity index (χ3n) is 2.72. The Labute approximate surface area is 102 Å². The molecule has 0 unspecified atom stereocenters. The van der Waals surface area contributed by atoms with Crippen molar-refractivity contribution in [1.82, 2.24) is 4.72 Å². The van der Waals surface area contributed by atoms with Crippen LogP contribution in [0.3, 0.4) is 0 Å². The summed E-state index contributed by atoms with van der Waals surface area (Å²) in [6.45, 7) is -0.0167. The molecular weight excluding hydrogens is 266 g/mol. The van der Waals surface area contributed by atoms with E-state index in [2.05, 4.69) is 4.72 Å². The molecule has 0 saturated carbocycles. The highest BCUT2D eigenvalue weighted by Gasteiger charge is 2.26. The molecule has 0 amide bonds. The number of rotatable bonds is 6. The summed E-state index contributed by atoms with van der Waals surface area (Å²) in [5.41, 5.74) is 0. The van der Waals surface area contributed by atoms with Crippen LogP contribution in [0.5, 0.6) is 0 Å². The zero-order valence-corrected chi connectivity index (χ0v) is 11.3. The van der Waals surface area contributed by atoms with E-state index in [0.29, 0.717) is 25.7 Å². The van der Waals surface area contributed by atoms with Gasteiger partial charge < -0.3 is 5.11 Å². The Kier molecular flexibility index (Phi) is 5.36. The molecule has 0 spiro atoms. The molecule has 1 fully saturated rings. The summed E-state index contributed by atoms with van der Waals surface area (Å²) in [6.07, 6.45) is 1.57. The maximum Gasteiger partial charge on any atom is 0.211 e. The molecule has 1 saturated heterocycles. The number of aliphatic hydroxyl groups is 1. The maximum atomic E-state index is 11.6. The van der Waals surface area contributed by atoms with Gasteiger partial charge in [0.1, 0.15) is 9.84 Å². The Balaban J connectivity index is 2.39. The van der Waals surface area contributed by atoms with Gasteiger partial charge in [0.2, 0.25) is 10.0 Å². The third-order valence-corrected chi connectivity index (χ3v) is 5.96. The van der Waals surface area contributed by atoms with E-state index in [0.717, 1.165) is 0 Å². The van der Waals surface area contributed by atoms with E-state index < -0.39 is 19.9 Å². The van der Waals surface area contributed by atoms with Crippen molar-refractivity contribution in [2.45, 2.75) is 31.7 Å². The van der Waals surface area contributed by atoms with Crippen LogP contribution >= 0.6 is 0 Å². The molecule has 0 aromatic carbocycles. The molecule has 8 heteroatoms. The lowest BCUT2D eigenvalue weighted by molar-refractivity contribution is 0.287. The summed E-state index contributed by atoms with van der Waals surface area (Å²) < 4.78 is 48.0. The van der Waals surface area contributed by atoms with Crippen LogP contribution in [-0.4, -0.2) is 51.8 Å². The van der Waals surface area contributed by atoms with Gasteiger partial charge in [-0.3, -0.25) is 0 Å². The smallest absolute Gasteiger partial charge is 0.211 e. The molecule has 2 N–H and O–H groups in total. The molecule has 0 bridgehead atoms. The van der Waals surface area contributed by atoms with Crippen molar-refractivity contribution in [2.24, 2.45) is 0 Å². The summed E-state index contributed by atoms with van der Waals surface area (Å²) >= 11 is 0. The van der Waals surface area contributed by atoms with Gasteiger partial charge in [0.15, 0.2) is 0 Å². The predicted molar refractivity (Wildman–Crippen MR) is 64.9 cm³/mol. The first-order valence-electron chi connectivity index (χ1n) is 5.66. The van der Waals surface area contributed by atoms with Gasteiger partial charge in [-0.25, -0.2) is 21.6 Å². The van der Waals surface area contributed by atoms with E-state index in [1.165, 1.54) is 0 Å². The molecule has 17 heavy (non-hydrogen) atoms. The first-order valence-corrected chi connectivity index (χ1v) is 9.13. The number of hydrogen-bond acceptors (Lipinski definition) is 5. The molecule has 1 rings (SSSR count). The van der Waals surface area contributed by atoms with E-state index in [9.17, 15) is 16.8 Å². The van der Waals surface area contributed by atoms with Crippen LogP contribution in [-0.2, 0) is 19.9 Å². The normalized spacial score (nSPS) is 21.5. The molecular formula is C9H19NO5S2. The lowest BCUT2D eigenvalue weighted by Crippen LogP contribution is -2.41. The van der Waals surface area contributed by atoms with Crippen LogP contribution in [0.15, 0.2) is 0 Å². The van der Waals surface area contributed by atoms with Crippen LogP contribution in [0, 0.1) is 0 Å². The van der Waals surface area contributed by atoms with Gasteiger partial charge in [0.25, 0.3) is 0 Å². The average Bonchev–Trinajstić information content (AvgIpc) is 2.21. The second-order valence-corrected chi connectivity index (χ2v) is 8.47. The highest BCUT2D eigenvalue weighted by atomic mass is 32.2. The minimum absolute atomic E-state index is 0.0167. The molecule has 0 atom stereocenters. The molecule has 0 aliphatic carbocycles. The van der Waals surface area contributed by atoms with E-state index in [-0.39, 0.29) is 29.9 Å². The van der Waals surface area contributed by atoms with Crippen LogP contribution in [0.2, 0.25) is 0 Å². The monoisotopic (exact) mass is 285 g/mol. The molecule has 102 valence electrons. The first-order chi connectivity index (χ1) is 7.85. The highest BCUT2D eigenvalue weighted by Crippen LogP contribution is 2.13. The standard InChI is InChI=1S/C9H19NO5S2/c11-5-1-2-6-17(14,15)10-9-3-7-16(12,13)8-4-9/h9-11H,1-8H2. The second-order valence-electron chi connectivity index (χ2n) is 4.29. The number of nitrogens with one attached hydrogen (secondary N) is 1. The molecule has 1 heterocycles. The zero-order valence-electron chi connectivity index (χ0n) is 9.63. The van der Waals surface area contributed by atoms with E-state index in [1.54, 1.807) is 0 Å². The minimum Gasteiger partial charge on any atom is -0.396 e. The minimum atomic E-state index is -3.35. The summed E-state index contributed by atoms with van der Waals surface area (Å²) in [4.78, 5) is 0. The summed E-state index contributed by atoms with van der Waals surface area (Å²) in [5, 5.41) is 8.56. The fourth-order valence-corrected chi connectivity index (χ4v) is 4.66. The Morgan fingerprint density at radius 3 is 2.29 bits per heavy atom. The molecule has 0 radical (unpaired) electrons. The van der Waals surface area contributed by atoms with Crippen molar-refractivity contribution in [2.75, 3.05) is 23.9 Å². The topological polar surface area (TPSA) is 101 Å². The van der Waals surface area contributed by atoms with Crippen LogP contribution in [0.25, 0.3) is 0 Å². The van der Waals surface area contributed by atoms with Gasteiger partial charge in [-0.05, 0) is 25.7 Å². The number of hydrogen-bond donors (Lipinski definition) is 2. The van der Waals surface area contributed by atoms with Crippen molar-refractivity contribution in [3.05, 3.63) is 0 Å². The average molecular weight is 285 g/mol. The third kappa shape index (κ3) is 5.80. The van der Waals surface area contributed by atoms with Crippen LogP contribution in [0.4, 0.5) is 0 Å². The Hall–Kier alpha value is -0.180. The van der Waals surface area contributed by atoms with Gasteiger partial charge in [-0.2, -0.15) is 0 Å². The molecule has 1 aliphatic heterocycles. The molecule has 0 aromatic rings. The summed E-state index contributed by atoms with van der Waals surface area (Å²) in [5.74, 6) is 0.0878. The number of sulfone groups is 1. The van der Waals surface area contributed by atoms with Gasteiger partial charge in [-0.1, -0.05) is 0 Å². The zero-order chi connectivity index (χ0) is 12.9. The van der Waals surface area contributed by atoms with Crippen LogP contribution in [0.1, 0.15) is 25.7 Å². The van der Waals surface area contributed by atoms with Crippen molar-refractivity contribution in [3.63, 3.8) is 0 Å². The van der Waals surface area contributed by atoms with Gasteiger partial charge in [-0.15, -0.1) is 0 Å². The van der Waals surface area contributed by atoms with Crippen molar-refractivity contribution >= 4 is 19.9 Å². The lowest BCUT2D eigenvalue weighted by Gasteiger charge is -2.22. The highest BCUT2D eigenvalue weighted by molar-refractivity contribution is 7.91.